The molecule has 0 saturated carbocycles. The highest BCUT2D eigenvalue weighted by Crippen LogP contribution is 2.36. The number of hydrogen-bond acceptors (Lipinski definition) is 3. The first-order valence-corrected chi connectivity index (χ1v) is 11.1. The van der Waals surface area contributed by atoms with Crippen LogP contribution in [-0.4, -0.2) is 6.61 Å². The van der Waals surface area contributed by atoms with Gasteiger partial charge in [-0.3, -0.25) is 0 Å². The van der Waals surface area contributed by atoms with E-state index < -0.39 is 0 Å². The molecule has 3 rings (SSSR count). The van der Waals surface area contributed by atoms with Crippen molar-refractivity contribution >= 4 is 50.2 Å². The molecule has 0 unspecified atom stereocenters. The van der Waals surface area contributed by atoms with Crippen LogP contribution in [0.1, 0.15) is 23.6 Å². The zero-order valence-corrected chi connectivity index (χ0v) is 19.9. The molecule has 3 aromatic carbocycles. The molecule has 3 aromatic rings. The first-order chi connectivity index (χ1) is 14.5. The first kappa shape index (κ1) is 22.3. The Bertz CT molecular complexity index is 1090. The third-order valence-corrected chi connectivity index (χ3v) is 5.54. The number of hydrogen-bond donors (Lipinski definition) is 0. The zero-order valence-electron chi connectivity index (χ0n) is 16.2. The summed E-state index contributed by atoms with van der Waals surface area (Å²) >= 11 is 5.60. The molecular weight excluding hydrogens is 560 g/mol. The summed E-state index contributed by atoms with van der Waals surface area (Å²) in [6, 6.07) is 19.9. The number of rotatable bonds is 7. The summed E-state index contributed by atoms with van der Waals surface area (Å²) in [6.07, 6.45) is 1.83. The van der Waals surface area contributed by atoms with Crippen molar-refractivity contribution < 1.29 is 13.9 Å². The van der Waals surface area contributed by atoms with Gasteiger partial charge in [0, 0.05) is 4.47 Å². The summed E-state index contributed by atoms with van der Waals surface area (Å²) in [5.74, 6) is 0.950. The van der Waals surface area contributed by atoms with E-state index in [9.17, 15) is 9.65 Å². The molecule has 0 spiro atoms. The molecule has 0 radical (unpaired) electrons. The van der Waals surface area contributed by atoms with Crippen LogP contribution in [0.5, 0.6) is 11.5 Å². The lowest BCUT2D eigenvalue weighted by Crippen LogP contribution is -2.02. The number of halogens is 3. The van der Waals surface area contributed by atoms with Gasteiger partial charge in [0.2, 0.25) is 0 Å². The minimum Gasteiger partial charge on any atom is -0.490 e. The molecule has 0 heterocycles. The average molecular weight is 578 g/mol. The maximum absolute atomic E-state index is 13.1. The molecule has 0 bridgehead atoms. The van der Waals surface area contributed by atoms with Crippen LogP contribution in [-0.2, 0) is 6.61 Å². The normalized spacial score (nSPS) is 11.1. The summed E-state index contributed by atoms with van der Waals surface area (Å²) in [5.41, 5.74) is 3.10. The molecular formula is C24H18BrFINO2. The summed E-state index contributed by atoms with van der Waals surface area (Å²) in [4.78, 5) is 0. The van der Waals surface area contributed by atoms with Crippen molar-refractivity contribution in [1.29, 1.82) is 5.26 Å². The largest absolute Gasteiger partial charge is 0.490 e. The summed E-state index contributed by atoms with van der Waals surface area (Å²) < 4.78 is 26.7. The van der Waals surface area contributed by atoms with Gasteiger partial charge in [-0.15, -0.1) is 0 Å². The molecule has 0 aliphatic heterocycles. The van der Waals surface area contributed by atoms with Crippen LogP contribution in [0.25, 0.3) is 11.6 Å². The molecule has 0 amide bonds. The summed E-state index contributed by atoms with van der Waals surface area (Å²) in [6.45, 7) is 2.68. The van der Waals surface area contributed by atoms with E-state index >= 15 is 0 Å². The molecule has 0 aliphatic carbocycles. The standard InChI is InChI=1S/C24H18BrFINO2/c1-2-29-23-13-17(11-19(14-28)18-5-7-20(25)8-6-18)12-22(27)24(23)30-15-16-3-9-21(26)10-4-16/h3-13H,2,15H2,1H3/b19-11+. The second-order valence-corrected chi connectivity index (χ2v) is 8.43. The van der Waals surface area contributed by atoms with Crippen LogP contribution in [0.4, 0.5) is 4.39 Å². The van der Waals surface area contributed by atoms with Crippen LogP contribution in [0.3, 0.4) is 0 Å². The molecule has 0 fully saturated rings. The molecule has 0 atom stereocenters. The summed E-state index contributed by atoms with van der Waals surface area (Å²) in [5, 5.41) is 9.62. The SMILES string of the molecule is CCOc1cc(/C=C(\C#N)c2ccc(Br)cc2)cc(I)c1OCc1ccc(F)cc1. The molecule has 152 valence electrons. The van der Waals surface area contributed by atoms with Crippen LogP contribution < -0.4 is 9.47 Å². The van der Waals surface area contributed by atoms with Crippen molar-refractivity contribution in [2.24, 2.45) is 0 Å². The maximum Gasteiger partial charge on any atom is 0.175 e. The van der Waals surface area contributed by atoms with Gasteiger partial charge in [-0.1, -0.05) is 40.2 Å². The van der Waals surface area contributed by atoms with Gasteiger partial charge in [-0.2, -0.15) is 5.26 Å². The van der Waals surface area contributed by atoms with E-state index in [2.05, 4.69) is 44.6 Å². The molecule has 0 aromatic heterocycles. The van der Waals surface area contributed by atoms with Gasteiger partial charge in [-0.25, -0.2) is 4.39 Å². The topological polar surface area (TPSA) is 42.2 Å². The van der Waals surface area contributed by atoms with Crippen molar-refractivity contribution in [3.8, 4) is 17.6 Å². The van der Waals surface area contributed by atoms with Gasteiger partial charge in [0.15, 0.2) is 11.5 Å². The predicted octanol–water partition coefficient (Wildman–Crippen LogP) is 7.23. The van der Waals surface area contributed by atoms with Gasteiger partial charge < -0.3 is 9.47 Å². The third-order valence-electron chi connectivity index (χ3n) is 4.21. The van der Waals surface area contributed by atoms with E-state index in [0.717, 1.165) is 24.7 Å². The second kappa shape index (κ2) is 10.6. The maximum atomic E-state index is 13.1. The Kier molecular flexibility index (Phi) is 7.88. The predicted molar refractivity (Wildman–Crippen MR) is 129 cm³/mol. The smallest absolute Gasteiger partial charge is 0.175 e. The Hall–Kier alpha value is -2.37. The number of benzene rings is 3. The fourth-order valence-electron chi connectivity index (χ4n) is 2.79. The van der Waals surface area contributed by atoms with E-state index in [4.69, 9.17) is 9.47 Å². The Morgan fingerprint density at radius 2 is 1.80 bits per heavy atom. The fourth-order valence-corrected chi connectivity index (χ4v) is 3.83. The van der Waals surface area contributed by atoms with Crippen molar-refractivity contribution in [1.82, 2.24) is 0 Å². The molecule has 0 saturated heterocycles. The molecule has 6 heteroatoms. The number of allylic oxidation sites excluding steroid dienone is 1. The average Bonchev–Trinajstić information content (AvgIpc) is 2.73. The van der Waals surface area contributed by atoms with Gasteiger partial charge in [0.05, 0.1) is 21.8 Å². The van der Waals surface area contributed by atoms with E-state index in [1.807, 2.05) is 49.4 Å². The van der Waals surface area contributed by atoms with Crippen molar-refractivity contribution in [2.45, 2.75) is 13.5 Å². The van der Waals surface area contributed by atoms with Gasteiger partial charge in [-0.05, 0) is 88.7 Å². The quantitative estimate of drug-likeness (QED) is 0.169. The minimum absolute atomic E-state index is 0.279. The van der Waals surface area contributed by atoms with Gasteiger partial charge >= 0.3 is 0 Å². The highest BCUT2D eigenvalue weighted by molar-refractivity contribution is 14.1. The van der Waals surface area contributed by atoms with E-state index in [-0.39, 0.29) is 5.82 Å². The lowest BCUT2D eigenvalue weighted by molar-refractivity contribution is 0.267. The zero-order chi connectivity index (χ0) is 21.5. The Balaban J connectivity index is 1.90. The minimum atomic E-state index is -0.279. The molecule has 0 aliphatic rings. The number of ether oxygens (including phenoxy) is 2. The van der Waals surface area contributed by atoms with Crippen molar-refractivity contribution in [2.75, 3.05) is 6.61 Å². The highest BCUT2D eigenvalue weighted by Gasteiger charge is 2.13. The summed E-state index contributed by atoms with van der Waals surface area (Å²) in [7, 11) is 0. The molecule has 3 nitrogen and oxygen atoms in total. The van der Waals surface area contributed by atoms with Crippen LogP contribution >= 0.6 is 38.5 Å². The van der Waals surface area contributed by atoms with Crippen molar-refractivity contribution in [3.05, 3.63) is 91.2 Å². The first-order valence-electron chi connectivity index (χ1n) is 9.21. The Morgan fingerprint density at radius 3 is 2.43 bits per heavy atom. The Morgan fingerprint density at radius 1 is 1.10 bits per heavy atom. The fraction of sp³-hybridized carbons (Fsp3) is 0.125. The van der Waals surface area contributed by atoms with E-state index in [1.165, 1.54) is 12.1 Å². The van der Waals surface area contributed by atoms with Gasteiger partial charge in [0.25, 0.3) is 0 Å². The lowest BCUT2D eigenvalue weighted by Gasteiger charge is -2.15. The number of nitriles is 1. The van der Waals surface area contributed by atoms with Crippen LogP contribution in [0, 0.1) is 20.7 Å². The second-order valence-electron chi connectivity index (χ2n) is 6.35. The third kappa shape index (κ3) is 5.83. The van der Waals surface area contributed by atoms with E-state index in [1.54, 1.807) is 12.1 Å². The molecule has 30 heavy (non-hydrogen) atoms. The van der Waals surface area contributed by atoms with Crippen molar-refractivity contribution in [3.63, 3.8) is 0 Å². The lowest BCUT2D eigenvalue weighted by atomic mass is 10.0. The van der Waals surface area contributed by atoms with E-state index in [0.29, 0.717) is 30.3 Å². The number of nitrogens with zero attached hydrogens (tertiary/aromatic N) is 1. The van der Waals surface area contributed by atoms with Gasteiger partial charge in [0.1, 0.15) is 12.4 Å². The van der Waals surface area contributed by atoms with Crippen LogP contribution in [0.15, 0.2) is 65.1 Å². The monoisotopic (exact) mass is 577 g/mol. The van der Waals surface area contributed by atoms with Crippen LogP contribution in [0.2, 0.25) is 0 Å². The Labute approximate surface area is 197 Å². The molecule has 0 N–H and O–H groups in total. The highest BCUT2D eigenvalue weighted by atomic mass is 127.